The largest absolute Gasteiger partial charge is 0.389 e. The van der Waals surface area contributed by atoms with Crippen molar-refractivity contribution in [2.45, 2.75) is 30.0 Å². The summed E-state index contributed by atoms with van der Waals surface area (Å²) in [6.45, 7) is 2.82. The van der Waals surface area contributed by atoms with Crippen LogP contribution >= 0.6 is 0 Å². The van der Waals surface area contributed by atoms with E-state index in [-0.39, 0.29) is 10.9 Å². The van der Waals surface area contributed by atoms with Crippen molar-refractivity contribution >= 4 is 31.8 Å². The van der Waals surface area contributed by atoms with Crippen molar-refractivity contribution in [2.75, 3.05) is 13.1 Å². The number of aryl methyl sites for hydroxylation is 1. The van der Waals surface area contributed by atoms with Gasteiger partial charge in [0.25, 0.3) is 0 Å². The Labute approximate surface area is 181 Å². The molecule has 1 aromatic heterocycles. The summed E-state index contributed by atoms with van der Waals surface area (Å²) in [5.74, 6) is 0. The van der Waals surface area contributed by atoms with Crippen LogP contribution in [-0.2, 0) is 10.0 Å². The number of para-hydroxylation sites is 2. The van der Waals surface area contributed by atoms with E-state index < -0.39 is 22.2 Å². The second-order valence-electron chi connectivity index (χ2n) is 8.16. The number of benzene rings is 3. The van der Waals surface area contributed by atoms with Gasteiger partial charge in [-0.2, -0.15) is 0 Å². The van der Waals surface area contributed by atoms with Gasteiger partial charge in [-0.1, -0.05) is 54.1 Å². The number of aliphatic hydroxyl groups excluding tert-OH is 1. The molecule has 3 N–H and O–H groups in total. The zero-order chi connectivity index (χ0) is 21.6. The maximum absolute atomic E-state index is 12.9. The van der Waals surface area contributed by atoms with Crippen molar-refractivity contribution in [2.24, 2.45) is 0 Å². The van der Waals surface area contributed by atoms with E-state index in [1.165, 1.54) is 0 Å². The van der Waals surface area contributed by atoms with Crippen LogP contribution in [-0.4, -0.2) is 43.3 Å². The minimum absolute atomic E-state index is 0.198. The molecule has 0 bridgehead atoms. The molecule has 0 spiro atoms. The van der Waals surface area contributed by atoms with Crippen LogP contribution < -0.4 is 10.0 Å². The highest BCUT2D eigenvalue weighted by atomic mass is 32.2. The predicted molar refractivity (Wildman–Crippen MR) is 123 cm³/mol. The van der Waals surface area contributed by atoms with Crippen LogP contribution in [0.4, 0.5) is 0 Å². The van der Waals surface area contributed by atoms with Gasteiger partial charge in [0, 0.05) is 34.9 Å². The molecule has 6 nitrogen and oxygen atoms in total. The van der Waals surface area contributed by atoms with E-state index in [4.69, 9.17) is 0 Å². The minimum Gasteiger partial charge on any atom is -0.389 e. The monoisotopic (exact) mass is 435 g/mol. The van der Waals surface area contributed by atoms with Crippen LogP contribution in [0.1, 0.15) is 11.6 Å². The number of nitrogens with zero attached hydrogens (tertiary/aromatic N) is 1. The molecular weight excluding hydrogens is 410 g/mol. The molecule has 0 radical (unpaired) electrons. The molecule has 1 aliphatic heterocycles. The molecule has 2 heterocycles. The molecule has 3 atom stereocenters. The smallest absolute Gasteiger partial charge is 0.240 e. The quantitative estimate of drug-likeness (QED) is 0.460. The Morgan fingerprint density at radius 1 is 0.903 bits per heavy atom. The van der Waals surface area contributed by atoms with E-state index >= 15 is 0 Å². The number of nitrogens with one attached hydrogen (secondary N) is 2. The van der Waals surface area contributed by atoms with Gasteiger partial charge in [0.2, 0.25) is 10.0 Å². The molecule has 7 heteroatoms. The van der Waals surface area contributed by atoms with Crippen molar-refractivity contribution in [3.05, 3.63) is 78.4 Å². The van der Waals surface area contributed by atoms with E-state index in [1.807, 2.05) is 43.3 Å². The Kier molecular flexibility index (Phi) is 5.06. The minimum atomic E-state index is -3.75. The first-order valence-electron chi connectivity index (χ1n) is 10.4. The summed E-state index contributed by atoms with van der Waals surface area (Å²) in [5, 5.41) is 16.8. The van der Waals surface area contributed by atoms with Crippen LogP contribution in [0.2, 0.25) is 0 Å². The molecule has 4 aromatic rings. The van der Waals surface area contributed by atoms with Crippen molar-refractivity contribution < 1.29 is 13.5 Å². The lowest BCUT2D eigenvalue weighted by Gasteiger charge is -2.37. The van der Waals surface area contributed by atoms with Gasteiger partial charge < -0.3 is 15.0 Å². The van der Waals surface area contributed by atoms with Crippen molar-refractivity contribution in [1.82, 2.24) is 14.6 Å². The van der Waals surface area contributed by atoms with E-state index in [0.29, 0.717) is 13.1 Å². The summed E-state index contributed by atoms with van der Waals surface area (Å²) in [6, 6.07) is 22.0. The second-order valence-corrected chi connectivity index (χ2v) is 9.88. The second kappa shape index (κ2) is 7.76. The standard InChI is InChI=1S/C24H25N3O3S/c1-16-10-12-17(13-11-16)31(29,30)26-20-14-25-15-23(24(20)28)27-21-8-4-2-6-18(21)19-7-3-5-9-22(19)27/h2-13,20,23-26,28H,14-15H2,1H3/t20-,23+,24+/m0/s1. The van der Waals surface area contributed by atoms with Gasteiger partial charge in [-0.15, -0.1) is 0 Å². The summed E-state index contributed by atoms with van der Waals surface area (Å²) < 4.78 is 30.7. The van der Waals surface area contributed by atoms with E-state index in [2.05, 4.69) is 26.7 Å². The lowest BCUT2D eigenvalue weighted by molar-refractivity contribution is 0.0638. The molecule has 1 fully saturated rings. The first-order chi connectivity index (χ1) is 15.0. The zero-order valence-electron chi connectivity index (χ0n) is 17.2. The van der Waals surface area contributed by atoms with E-state index in [0.717, 1.165) is 27.4 Å². The summed E-state index contributed by atoms with van der Waals surface area (Å²) in [6.07, 6.45) is -0.888. The van der Waals surface area contributed by atoms with E-state index in [9.17, 15) is 13.5 Å². The fraction of sp³-hybridized carbons (Fsp3) is 0.250. The van der Waals surface area contributed by atoms with Crippen LogP contribution in [0.15, 0.2) is 77.7 Å². The highest BCUT2D eigenvalue weighted by Gasteiger charge is 2.36. The summed E-state index contributed by atoms with van der Waals surface area (Å²) in [7, 11) is -3.75. The highest BCUT2D eigenvalue weighted by Crippen LogP contribution is 2.34. The van der Waals surface area contributed by atoms with Crippen molar-refractivity contribution in [3.8, 4) is 0 Å². The normalized spacial score (nSPS) is 22.2. The Balaban J connectivity index is 1.51. The number of sulfonamides is 1. The van der Waals surface area contributed by atoms with Crippen molar-refractivity contribution in [1.29, 1.82) is 0 Å². The Morgan fingerprint density at radius 3 is 2.10 bits per heavy atom. The number of hydrogen-bond donors (Lipinski definition) is 3. The number of fused-ring (bicyclic) bond motifs is 3. The van der Waals surface area contributed by atoms with Gasteiger partial charge in [-0.25, -0.2) is 13.1 Å². The molecule has 0 amide bonds. The average Bonchev–Trinajstić information content (AvgIpc) is 3.10. The predicted octanol–water partition coefficient (Wildman–Crippen LogP) is 2.96. The third-order valence-corrected chi connectivity index (χ3v) is 7.62. The van der Waals surface area contributed by atoms with Gasteiger partial charge in [-0.3, -0.25) is 0 Å². The number of aromatic nitrogens is 1. The fourth-order valence-electron chi connectivity index (χ4n) is 4.55. The van der Waals surface area contributed by atoms with Crippen LogP contribution in [0.5, 0.6) is 0 Å². The van der Waals surface area contributed by atoms with Gasteiger partial charge >= 0.3 is 0 Å². The molecule has 0 unspecified atom stereocenters. The molecule has 3 aromatic carbocycles. The zero-order valence-corrected chi connectivity index (χ0v) is 18.0. The van der Waals surface area contributed by atoms with E-state index in [1.54, 1.807) is 24.3 Å². The lowest BCUT2D eigenvalue weighted by Crippen LogP contribution is -2.58. The lowest BCUT2D eigenvalue weighted by atomic mass is 9.99. The number of aliphatic hydroxyl groups is 1. The van der Waals surface area contributed by atoms with Crippen molar-refractivity contribution in [3.63, 3.8) is 0 Å². The Morgan fingerprint density at radius 2 is 1.48 bits per heavy atom. The number of rotatable bonds is 4. The topological polar surface area (TPSA) is 83.4 Å². The molecule has 0 saturated carbocycles. The number of hydrogen-bond acceptors (Lipinski definition) is 4. The maximum Gasteiger partial charge on any atom is 0.240 e. The Hall–Kier alpha value is -2.71. The number of piperidine rings is 1. The average molecular weight is 436 g/mol. The van der Waals surface area contributed by atoms with Gasteiger partial charge in [0.15, 0.2) is 0 Å². The van der Waals surface area contributed by atoms with Crippen LogP contribution in [0, 0.1) is 6.92 Å². The molecule has 31 heavy (non-hydrogen) atoms. The molecule has 160 valence electrons. The van der Waals surface area contributed by atoms with Crippen LogP contribution in [0.25, 0.3) is 21.8 Å². The van der Waals surface area contributed by atoms with Gasteiger partial charge in [0.05, 0.1) is 23.1 Å². The van der Waals surface area contributed by atoms with Crippen LogP contribution in [0.3, 0.4) is 0 Å². The molecule has 1 saturated heterocycles. The molecule has 1 aliphatic rings. The highest BCUT2D eigenvalue weighted by molar-refractivity contribution is 7.89. The molecular formula is C24H25N3O3S. The Bertz CT molecular complexity index is 1290. The van der Waals surface area contributed by atoms with Gasteiger partial charge in [-0.05, 0) is 31.2 Å². The maximum atomic E-state index is 12.9. The SMILES string of the molecule is Cc1ccc(S(=O)(=O)N[C@H]2CNC[C@@H](n3c4ccccc4c4ccccc43)[C@@H]2O)cc1. The summed E-state index contributed by atoms with van der Waals surface area (Å²) in [4.78, 5) is 0.198. The fourth-order valence-corrected chi connectivity index (χ4v) is 5.80. The third kappa shape index (κ3) is 3.53. The summed E-state index contributed by atoms with van der Waals surface area (Å²) >= 11 is 0. The first kappa shape index (κ1) is 20.2. The molecule has 0 aliphatic carbocycles. The first-order valence-corrected chi connectivity index (χ1v) is 11.9. The molecule has 5 rings (SSSR count). The van der Waals surface area contributed by atoms with Gasteiger partial charge in [0.1, 0.15) is 0 Å². The summed E-state index contributed by atoms with van der Waals surface area (Å²) in [5.41, 5.74) is 3.04. The third-order valence-electron chi connectivity index (χ3n) is 6.11.